The van der Waals surface area contributed by atoms with E-state index in [0.29, 0.717) is 30.3 Å². The summed E-state index contributed by atoms with van der Waals surface area (Å²) in [5, 5.41) is 0. The summed E-state index contributed by atoms with van der Waals surface area (Å²) in [6.07, 6.45) is 0.564. The first-order valence-corrected chi connectivity index (χ1v) is 6.92. The predicted octanol–water partition coefficient (Wildman–Crippen LogP) is 0.475. The highest BCUT2D eigenvalue weighted by molar-refractivity contribution is 7.80. The number of morpholine rings is 1. The monoisotopic (exact) mass is 308 g/mol. The van der Waals surface area contributed by atoms with Gasteiger partial charge >= 0.3 is 0 Å². The lowest BCUT2D eigenvalue weighted by atomic mass is 10.2. The van der Waals surface area contributed by atoms with Gasteiger partial charge < -0.3 is 15.2 Å². The normalized spacial score (nSPS) is 15.1. The zero-order valence-electron chi connectivity index (χ0n) is 11.4. The number of imide groups is 1. The maximum atomic E-state index is 11.5. The number of hydrogen-bond donors (Lipinski definition) is 1. The standard InChI is InChI=1S/C14H16N2O4S/c15-14(21)10-2-4-11(5-3-10)20-7-1-6-16-12(17)8-19-9-13(16)18/h2-5H,1,6-9H2,(H2,15,21). The Bertz CT molecular complexity index is 528. The Morgan fingerprint density at radius 1 is 1.24 bits per heavy atom. The molecule has 112 valence electrons. The number of carbonyl (C=O) groups is 2. The van der Waals surface area contributed by atoms with E-state index in [9.17, 15) is 9.59 Å². The molecule has 1 aromatic carbocycles. The van der Waals surface area contributed by atoms with Crippen molar-refractivity contribution in [3.05, 3.63) is 29.8 Å². The molecule has 2 amide bonds. The van der Waals surface area contributed by atoms with E-state index >= 15 is 0 Å². The molecule has 1 aliphatic heterocycles. The SMILES string of the molecule is NC(=S)c1ccc(OCCCN2C(=O)COCC2=O)cc1. The summed E-state index contributed by atoms with van der Waals surface area (Å²) >= 11 is 4.86. The first-order chi connectivity index (χ1) is 10.1. The van der Waals surface area contributed by atoms with Gasteiger partial charge in [-0.25, -0.2) is 0 Å². The third-order valence-corrected chi connectivity index (χ3v) is 3.22. The van der Waals surface area contributed by atoms with Gasteiger partial charge in [0.2, 0.25) is 0 Å². The second-order valence-electron chi connectivity index (χ2n) is 4.52. The van der Waals surface area contributed by atoms with E-state index in [1.54, 1.807) is 24.3 Å². The molecule has 6 nitrogen and oxygen atoms in total. The molecule has 1 aromatic rings. The second kappa shape index (κ2) is 7.14. The van der Waals surface area contributed by atoms with Crippen molar-refractivity contribution >= 4 is 29.0 Å². The molecular weight excluding hydrogens is 292 g/mol. The van der Waals surface area contributed by atoms with Crippen LogP contribution in [0.1, 0.15) is 12.0 Å². The molecule has 2 rings (SSSR count). The van der Waals surface area contributed by atoms with Crippen LogP contribution >= 0.6 is 12.2 Å². The maximum absolute atomic E-state index is 11.5. The summed E-state index contributed by atoms with van der Waals surface area (Å²) in [7, 11) is 0. The van der Waals surface area contributed by atoms with Crippen molar-refractivity contribution in [2.45, 2.75) is 6.42 Å². The molecule has 2 N–H and O–H groups in total. The Kier molecular flexibility index (Phi) is 5.24. The fourth-order valence-electron chi connectivity index (χ4n) is 1.90. The number of nitrogens with two attached hydrogens (primary N) is 1. The van der Waals surface area contributed by atoms with Crippen LogP contribution in [0.4, 0.5) is 0 Å². The summed E-state index contributed by atoms with van der Waals surface area (Å²) in [5.41, 5.74) is 6.28. The molecule has 1 aliphatic rings. The van der Waals surface area contributed by atoms with Crippen LogP contribution in [0.3, 0.4) is 0 Å². The smallest absolute Gasteiger partial charge is 0.255 e. The molecule has 0 saturated carbocycles. The first-order valence-electron chi connectivity index (χ1n) is 6.51. The summed E-state index contributed by atoms with van der Waals surface area (Å²) in [6, 6.07) is 7.12. The molecule has 1 fully saturated rings. The topological polar surface area (TPSA) is 81.9 Å². The van der Waals surface area contributed by atoms with Gasteiger partial charge in [-0.3, -0.25) is 14.5 Å². The van der Waals surface area contributed by atoms with Gasteiger partial charge in [0.25, 0.3) is 11.8 Å². The van der Waals surface area contributed by atoms with Crippen molar-refractivity contribution in [1.82, 2.24) is 4.90 Å². The lowest BCUT2D eigenvalue weighted by Crippen LogP contribution is -2.46. The second-order valence-corrected chi connectivity index (χ2v) is 4.96. The average molecular weight is 308 g/mol. The van der Waals surface area contributed by atoms with Gasteiger partial charge in [0.15, 0.2) is 0 Å². The molecular formula is C14H16N2O4S. The van der Waals surface area contributed by atoms with Crippen LogP contribution in [0.25, 0.3) is 0 Å². The van der Waals surface area contributed by atoms with Gasteiger partial charge in [-0.2, -0.15) is 0 Å². The number of rotatable bonds is 6. The Morgan fingerprint density at radius 3 is 2.43 bits per heavy atom. The van der Waals surface area contributed by atoms with Crippen LogP contribution in [-0.2, 0) is 14.3 Å². The van der Waals surface area contributed by atoms with E-state index in [0.717, 1.165) is 5.56 Å². The van der Waals surface area contributed by atoms with Gasteiger partial charge in [-0.15, -0.1) is 0 Å². The number of hydrogen-bond acceptors (Lipinski definition) is 5. The molecule has 7 heteroatoms. The fraction of sp³-hybridized carbons (Fsp3) is 0.357. The van der Waals surface area contributed by atoms with Crippen LogP contribution in [0.2, 0.25) is 0 Å². The molecule has 1 saturated heterocycles. The van der Waals surface area contributed by atoms with Gasteiger partial charge in [-0.1, -0.05) is 12.2 Å². The predicted molar refractivity (Wildman–Crippen MR) is 80.0 cm³/mol. The highest BCUT2D eigenvalue weighted by Crippen LogP contribution is 2.12. The van der Waals surface area contributed by atoms with Crippen molar-refractivity contribution in [1.29, 1.82) is 0 Å². The summed E-state index contributed by atoms with van der Waals surface area (Å²) in [4.78, 5) is 24.5. The Balaban J connectivity index is 1.75. The minimum Gasteiger partial charge on any atom is -0.494 e. The van der Waals surface area contributed by atoms with Crippen LogP contribution in [0, 0.1) is 0 Å². The minimum absolute atomic E-state index is 0.0347. The first kappa shape index (κ1) is 15.4. The molecule has 0 aliphatic carbocycles. The van der Waals surface area contributed by atoms with Crippen LogP contribution in [0.5, 0.6) is 5.75 Å². The number of amides is 2. The zero-order valence-corrected chi connectivity index (χ0v) is 12.2. The Labute approximate surface area is 127 Å². The quantitative estimate of drug-likeness (QED) is 0.467. The number of benzene rings is 1. The Morgan fingerprint density at radius 2 is 1.86 bits per heavy atom. The van der Waals surface area contributed by atoms with Crippen molar-refractivity contribution in [2.75, 3.05) is 26.4 Å². The molecule has 0 radical (unpaired) electrons. The molecule has 0 atom stereocenters. The third-order valence-electron chi connectivity index (χ3n) is 2.99. The molecule has 0 unspecified atom stereocenters. The van der Waals surface area contributed by atoms with E-state index in [1.165, 1.54) is 4.90 Å². The van der Waals surface area contributed by atoms with E-state index in [1.807, 2.05) is 0 Å². The van der Waals surface area contributed by atoms with Gasteiger partial charge in [-0.05, 0) is 30.7 Å². The minimum atomic E-state index is -0.299. The van der Waals surface area contributed by atoms with E-state index in [-0.39, 0.29) is 25.0 Å². The summed E-state index contributed by atoms with van der Waals surface area (Å²) in [6.45, 7) is 0.677. The van der Waals surface area contributed by atoms with Crippen molar-refractivity contribution < 1.29 is 19.1 Å². The Hall–Kier alpha value is -1.99. The fourth-order valence-corrected chi connectivity index (χ4v) is 2.03. The lowest BCUT2D eigenvalue weighted by Gasteiger charge is -2.24. The molecule has 1 heterocycles. The van der Waals surface area contributed by atoms with E-state index in [2.05, 4.69) is 0 Å². The summed E-state index contributed by atoms with van der Waals surface area (Å²) in [5.74, 6) is 0.0914. The van der Waals surface area contributed by atoms with Crippen molar-refractivity contribution in [3.8, 4) is 5.75 Å². The highest BCUT2D eigenvalue weighted by atomic mass is 32.1. The van der Waals surface area contributed by atoms with Gasteiger partial charge in [0.1, 0.15) is 24.0 Å². The van der Waals surface area contributed by atoms with Crippen LogP contribution in [0.15, 0.2) is 24.3 Å². The maximum Gasteiger partial charge on any atom is 0.255 e. The van der Waals surface area contributed by atoms with E-state index in [4.69, 9.17) is 27.4 Å². The number of thiocarbonyl (C=S) groups is 1. The van der Waals surface area contributed by atoms with Crippen molar-refractivity contribution in [2.24, 2.45) is 5.73 Å². The van der Waals surface area contributed by atoms with Gasteiger partial charge in [0.05, 0.1) is 6.61 Å². The lowest BCUT2D eigenvalue weighted by molar-refractivity contribution is -0.158. The molecule has 0 bridgehead atoms. The molecule has 0 spiro atoms. The third kappa shape index (κ3) is 4.24. The van der Waals surface area contributed by atoms with Gasteiger partial charge in [0, 0.05) is 12.1 Å². The molecule has 0 aromatic heterocycles. The summed E-state index contributed by atoms with van der Waals surface area (Å²) < 4.78 is 10.4. The molecule has 21 heavy (non-hydrogen) atoms. The largest absolute Gasteiger partial charge is 0.494 e. The highest BCUT2D eigenvalue weighted by Gasteiger charge is 2.25. The zero-order chi connectivity index (χ0) is 15.2. The van der Waals surface area contributed by atoms with Crippen LogP contribution in [-0.4, -0.2) is 48.1 Å². The number of ether oxygens (including phenoxy) is 2. The number of nitrogens with zero attached hydrogens (tertiary/aromatic N) is 1. The van der Waals surface area contributed by atoms with Crippen LogP contribution < -0.4 is 10.5 Å². The van der Waals surface area contributed by atoms with E-state index < -0.39 is 0 Å². The number of carbonyl (C=O) groups excluding carboxylic acids is 2. The average Bonchev–Trinajstić information content (AvgIpc) is 2.46. The van der Waals surface area contributed by atoms with Crippen molar-refractivity contribution in [3.63, 3.8) is 0 Å².